The molecule has 58 heavy (non-hydrogen) atoms. The molecule has 302 valence electrons. The van der Waals surface area contributed by atoms with E-state index in [9.17, 15) is 37.1 Å². The van der Waals surface area contributed by atoms with Crippen molar-refractivity contribution in [3.8, 4) is 5.69 Å². The minimum Gasteiger partial charge on any atom is -0.368 e. The van der Waals surface area contributed by atoms with E-state index in [-0.39, 0.29) is 40.8 Å². The van der Waals surface area contributed by atoms with Crippen LogP contribution in [0, 0.1) is 5.41 Å². The van der Waals surface area contributed by atoms with Gasteiger partial charge in [0, 0.05) is 62.9 Å². The molecule has 1 spiro atoms. The molecule has 2 aromatic carbocycles. The number of aromatic nitrogens is 4. The number of carbonyl (C=O) groups is 5. The van der Waals surface area contributed by atoms with Crippen LogP contribution in [0.15, 0.2) is 67.3 Å². The number of piperidine rings is 1. The molecule has 14 nitrogen and oxygen atoms in total. The lowest BCUT2D eigenvalue weighted by Gasteiger charge is -2.59. The smallest absolute Gasteiger partial charge is 0.368 e. The number of hydrogen-bond acceptors (Lipinski definition) is 9. The van der Waals surface area contributed by atoms with Gasteiger partial charge in [-0.3, -0.25) is 43.8 Å². The van der Waals surface area contributed by atoms with E-state index < -0.39 is 52.9 Å². The number of hydrogen-bond donors (Lipinski definition) is 2. The van der Waals surface area contributed by atoms with Gasteiger partial charge in [0.15, 0.2) is 0 Å². The van der Waals surface area contributed by atoms with Crippen molar-refractivity contribution >= 4 is 40.9 Å². The zero-order chi connectivity index (χ0) is 40.7. The summed E-state index contributed by atoms with van der Waals surface area (Å²) in [5, 5.41) is 13.7. The van der Waals surface area contributed by atoms with Crippen molar-refractivity contribution in [3.05, 3.63) is 89.5 Å². The molecule has 0 bridgehead atoms. The van der Waals surface area contributed by atoms with Gasteiger partial charge in [0.25, 0.3) is 17.7 Å². The Hall–Kier alpha value is -5.84. The molecule has 1 atom stereocenters. The van der Waals surface area contributed by atoms with Crippen molar-refractivity contribution in [1.82, 2.24) is 34.7 Å². The highest BCUT2D eigenvalue weighted by molar-refractivity contribution is 6.23. The zero-order valence-corrected chi connectivity index (χ0v) is 32.0. The van der Waals surface area contributed by atoms with Gasteiger partial charge in [-0.25, -0.2) is 4.68 Å². The summed E-state index contributed by atoms with van der Waals surface area (Å²) in [5.74, 6) is -2.18. The first-order valence-corrected chi connectivity index (χ1v) is 19.5. The van der Waals surface area contributed by atoms with Crippen molar-refractivity contribution in [3.63, 3.8) is 0 Å². The van der Waals surface area contributed by atoms with Crippen LogP contribution < -0.4 is 15.5 Å². The molecule has 0 radical (unpaired) electrons. The van der Waals surface area contributed by atoms with E-state index in [1.54, 1.807) is 36.7 Å². The lowest BCUT2D eigenvalue weighted by Crippen LogP contribution is -2.69. The number of alkyl halides is 3. The number of benzene rings is 2. The molecule has 2 aromatic heterocycles. The van der Waals surface area contributed by atoms with Crippen LogP contribution in [0.1, 0.15) is 90.1 Å². The number of fused-ring (bicyclic) bond motifs is 1. The normalized spacial score (nSPS) is 21.6. The van der Waals surface area contributed by atoms with Crippen LogP contribution >= 0.6 is 0 Å². The van der Waals surface area contributed by atoms with Crippen molar-refractivity contribution in [1.29, 1.82) is 0 Å². The van der Waals surface area contributed by atoms with E-state index in [0.29, 0.717) is 12.0 Å². The molecule has 17 heteroatoms. The molecule has 4 aliphatic heterocycles. The lowest BCUT2D eigenvalue weighted by atomic mass is 9.64. The molecule has 5 amide bonds. The molecule has 1 saturated carbocycles. The molecule has 1 aliphatic carbocycles. The van der Waals surface area contributed by atoms with Crippen LogP contribution in [-0.2, 0) is 26.1 Å². The summed E-state index contributed by atoms with van der Waals surface area (Å²) in [7, 11) is 0. The second kappa shape index (κ2) is 13.6. The number of anilines is 2. The van der Waals surface area contributed by atoms with Crippen molar-refractivity contribution < 1.29 is 37.1 Å². The summed E-state index contributed by atoms with van der Waals surface area (Å²) < 4.78 is 43.5. The van der Waals surface area contributed by atoms with E-state index in [2.05, 4.69) is 30.6 Å². The second-order valence-electron chi connectivity index (χ2n) is 16.8. The Morgan fingerprint density at radius 3 is 2.36 bits per heavy atom. The van der Waals surface area contributed by atoms with E-state index in [1.807, 2.05) is 18.5 Å². The van der Waals surface area contributed by atoms with Gasteiger partial charge >= 0.3 is 6.18 Å². The predicted molar refractivity (Wildman–Crippen MR) is 203 cm³/mol. The minimum atomic E-state index is -4.56. The van der Waals surface area contributed by atoms with Crippen LogP contribution in [0.25, 0.3) is 5.69 Å². The minimum absolute atomic E-state index is 0.0745. The first kappa shape index (κ1) is 37.7. The maximum absolute atomic E-state index is 13.6. The number of likely N-dealkylation sites (tertiary alicyclic amines) is 1. The second-order valence-corrected chi connectivity index (χ2v) is 16.8. The largest absolute Gasteiger partial charge is 0.416 e. The SMILES string of the molecule is CC(C)(C(=O)Nc1ccc(C(F)(F)F)cc1-n1cccn1)n1cc(C2CCC3(CC2)CN(C2CN(c4ccc5c(c4)C(=O)N(C4CCC(=O)NC4=O)C5=O)C2)C3)cn1. The molecule has 2 N–H and O–H groups in total. The Morgan fingerprint density at radius 1 is 0.931 bits per heavy atom. The Bertz CT molecular complexity index is 2330. The first-order valence-electron chi connectivity index (χ1n) is 19.5. The molecule has 1 unspecified atom stereocenters. The molecule has 5 aliphatic rings. The standard InChI is InChI=1S/C41H42F3N9O5/c1-39(2,38(58)47-31-7-4-26(41(42,43)44)16-33(31)51-15-3-14-45-51)52-19-25(18-46-52)24-10-12-40(13-11-24)22-50(23-40)28-20-49(21-28)27-5-6-29-30(17-27)37(57)53(36(29)56)32-8-9-34(54)48-35(32)55/h3-7,14-19,24,28,32H,8-13,20-23H2,1-2H3,(H,47,58)(H,48,54,55). The van der Waals surface area contributed by atoms with Crippen molar-refractivity contribution in [2.75, 3.05) is 36.4 Å². The van der Waals surface area contributed by atoms with E-state index in [1.165, 1.54) is 23.1 Å². The fourth-order valence-corrected chi connectivity index (χ4v) is 9.15. The number of imide groups is 2. The molecular weight excluding hydrogens is 756 g/mol. The highest BCUT2D eigenvalue weighted by atomic mass is 19.4. The summed E-state index contributed by atoms with van der Waals surface area (Å²) in [6, 6.07) is 9.37. The number of amides is 5. The van der Waals surface area contributed by atoms with E-state index >= 15 is 0 Å². The average Bonchev–Trinajstić information content (AvgIpc) is 3.92. The molecule has 9 rings (SSSR count). The van der Waals surface area contributed by atoms with Crippen LogP contribution in [0.3, 0.4) is 0 Å². The predicted octanol–water partition coefficient (Wildman–Crippen LogP) is 4.71. The van der Waals surface area contributed by atoms with Gasteiger partial charge < -0.3 is 10.2 Å². The van der Waals surface area contributed by atoms with Crippen LogP contribution in [0.5, 0.6) is 0 Å². The van der Waals surface area contributed by atoms with Gasteiger partial charge in [-0.2, -0.15) is 23.4 Å². The summed E-state index contributed by atoms with van der Waals surface area (Å²) in [4.78, 5) is 69.8. The summed E-state index contributed by atoms with van der Waals surface area (Å²) in [5.41, 5.74) is 1.04. The van der Waals surface area contributed by atoms with Crippen molar-refractivity contribution in [2.45, 2.75) is 82.1 Å². The fraction of sp³-hybridized carbons (Fsp3) is 0.439. The van der Waals surface area contributed by atoms with Gasteiger partial charge in [-0.1, -0.05) is 0 Å². The number of nitrogens with one attached hydrogen (secondary N) is 2. The van der Waals surface area contributed by atoms with Crippen LogP contribution in [-0.4, -0.2) is 97.2 Å². The molecule has 4 fully saturated rings. The lowest BCUT2D eigenvalue weighted by molar-refractivity contribution is -0.138. The third-order valence-electron chi connectivity index (χ3n) is 12.8. The van der Waals surface area contributed by atoms with Gasteiger partial charge in [0.2, 0.25) is 11.8 Å². The number of carbonyl (C=O) groups excluding carboxylic acids is 5. The number of halogens is 3. The summed E-state index contributed by atoms with van der Waals surface area (Å²) in [6.07, 6.45) is 6.48. The molecule has 6 heterocycles. The molecule has 3 saturated heterocycles. The quantitative estimate of drug-likeness (QED) is 0.242. The summed E-state index contributed by atoms with van der Waals surface area (Å²) in [6.45, 7) is 7.10. The zero-order valence-electron chi connectivity index (χ0n) is 32.0. The molecular formula is C41H42F3N9O5. The third-order valence-corrected chi connectivity index (χ3v) is 12.8. The summed E-state index contributed by atoms with van der Waals surface area (Å²) >= 11 is 0. The average molecular weight is 798 g/mol. The fourth-order valence-electron chi connectivity index (χ4n) is 9.15. The molecule has 4 aromatic rings. The third kappa shape index (κ3) is 6.44. The first-order chi connectivity index (χ1) is 27.6. The van der Waals surface area contributed by atoms with Gasteiger partial charge in [0.05, 0.1) is 34.3 Å². The number of rotatable bonds is 8. The van der Waals surface area contributed by atoms with Crippen LogP contribution in [0.2, 0.25) is 0 Å². The van der Waals surface area contributed by atoms with Gasteiger partial charge in [-0.05, 0) is 105 Å². The maximum Gasteiger partial charge on any atom is 0.416 e. The Kier molecular flexibility index (Phi) is 8.87. The Labute approximate surface area is 331 Å². The maximum atomic E-state index is 13.6. The highest BCUT2D eigenvalue weighted by Crippen LogP contribution is 2.50. The number of nitrogens with zero attached hydrogens (tertiary/aromatic N) is 7. The highest BCUT2D eigenvalue weighted by Gasteiger charge is 2.50. The van der Waals surface area contributed by atoms with Gasteiger partial charge in [0.1, 0.15) is 11.6 Å². The topological polar surface area (TPSA) is 155 Å². The monoisotopic (exact) mass is 797 g/mol. The van der Waals surface area contributed by atoms with Crippen LogP contribution in [0.4, 0.5) is 24.5 Å². The van der Waals surface area contributed by atoms with E-state index in [0.717, 1.165) is 80.1 Å². The van der Waals surface area contributed by atoms with E-state index in [4.69, 9.17) is 0 Å². The Balaban J connectivity index is 0.772. The van der Waals surface area contributed by atoms with Gasteiger partial charge in [-0.15, -0.1) is 0 Å². The van der Waals surface area contributed by atoms with Crippen molar-refractivity contribution in [2.24, 2.45) is 5.41 Å². The Morgan fingerprint density at radius 2 is 1.67 bits per heavy atom.